The normalized spacial score (nSPS) is 11.6. The van der Waals surface area contributed by atoms with Gasteiger partial charge in [-0.1, -0.05) is 0 Å². The topological polar surface area (TPSA) is 103 Å². The number of carbonyl (C=O) groups excluding carboxylic acids is 1. The van der Waals surface area contributed by atoms with Gasteiger partial charge in [-0.25, -0.2) is 0 Å². The van der Waals surface area contributed by atoms with E-state index in [0.29, 0.717) is 11.5 Å². The van der Waals surface area contributed by atoms with Gasteiger partial charge in [0.15, 0.2) is 11.9 Å². The van der Waals surface area contributed by atoms with Gasteiger partial charge in [0.1, 0.15) is 18.0 Å². The van der Waals surface area contributed by atoms with Gasteiger partial charge in [0.2, 0.25) is 0 Å². The van der Waals surface area contributed by atoms with E-state index in [1.807, 2.05) is 0 Å². The zero-order chi connectivity index (χ0) is 16.8. The van der Waals surface area contributed by atoms with Crippen LogP contribution in [0, 0.1) is 0 Å². The molecule has 0 aliphatic heterocycles. The number of nitrogens with zero attached hydrogens (tertiary/aromatic N) is 2. The fraction of sp³-hybridized carbons (Fsp3) is 0.267. The number of aromatic nitrogens is 2. The van der Waals surface area contributed by atoms with Crippen LogP contribution in [0.2, 0.25) is 0 Å². The summed E-state index contributed by atoms with van der Waals surface area (Å²) < 4.78 is 11.8. The Bertz CT molecular complexity index is 681. The van der Waals surface area contributed by atoms with Gasteiger partial charge >= 0.3 is 5.97 Å². The second-order valence-electron chi connectivity index (χ2n) is 4.72. The van der Waals surface area contributed by atoms with E-state index >= 15 is 0 Å². The lowest BCUT2D eigenvalue weighted by Crippen LogP contribution is -2.30. The van der Waals surface area contributed by atoms with Crippen LogP contribution in [0.3, 0.4) is 0 Å². The summed E-state index contributed by atoms with van der Waals surface area (Å²) in [6.07, 6.45) is 0.728. The summed E-state index contributed by atoms with van der Waals surface area (Å²) in [5, 5.41) is 15.2. The van der Waals surface area contributed by atoms with E-state index in [1.165, 1.54) is 16.9 Å². The molecule has 0 saturated heterocycles. The minimum atomic E-state index is -1.01. The molecule has 122 valence electrons. The monoisotopic (exact) mass is 319 g/mol. The molecule has 2 aromatic rings. The summed E-state index contributed by atoms with van der Waals surface area (Å²) in [7, 11) is 1.56. The minimum absolute atomic E-state index is 0.265. The molecule has 1 atom stereocenters. The highest BCUT2D eigenvalue weighted by Gasteiger charge is 2.16. The molecule has 0 aliphatic carbocycles. The first kappa shape index (κ1) is 16.3. The number of nitrogens with one attached hydrogen (secondary N) is 1. The highest BCUT2D eigenvalue weighted by molar-refractivity contribution is 5.93. The fourth-order valence-corrected chi connectivity index (χ4v) is 1.79. The van der Waals surface area contributed by atoms with Crippen molar-refractivity contribution in [1.29, 1.82) is 0 Å². The number of hydrogen-bond donors (Lipinski definition) is 2. The molecule has 0 aliphatic rings. The molecule has 1 unspecified atom stereocenters. The van der Waals surface area contributed by atoms with Crippen LogP contribution >= 0.6 is 0 Å². The van der Waals surface area contributed by atoms with Gasteiger partial charge in [-0.3, -0.25) is 14.3 Å². The van der Waals surface area contributed by atoms with Crippen molar-refractivity contribution >= 4 is 17.7 Å². The summed E-state index contributed by atoms with van der Waals surface area (Å²) in [4.78, 5) is 22.6. The van der Waals surface area contributed by atoms with Crippen LogP contribution in [0.1, 0.15) is 6.92 Å². The van der Waals surface area contributed by atoms with Crippen LogP contribution < -0.4 is 14.8 Å². The smallest absolute Gasteiger partial charge is 0.325 e. The molecule has 2 N–H and O–H groups in total. The average Bonchev–Trinajstić information content (AvgIpc) is 2.94. The maximum atomic E-state index is 12.0. The quantitative estimate of drug-likeness (QED) is 0.799. The fourth-order valence-electron chi connectivity index (χ4n) is 1.79. The first-order chi connectivity index (χ1) is 11.0. The summed E-state index contributed by atoms with van der Waals surface area (Å²) in [5.74, 6) is 0.0910. The Morgan fingerprint density at radius 1 is 1.26 bits per heavy atom. The van der Waals surface area contributed by atoms with Crippen LogP contribution in [0.4, 0.5) is 5.82 Å². The summed E-state index contributed by atoms with van der Waals surface area (Å²) >= 11 is 0. The number of carboxylic acid groups (broad SMARTS) is 1. The third-order valence-electron chi connectivity index (χ3n) is 2.93. The van der Waals surface area contributed by atoms with E-state index in [0.717, 1.165) is 0 Å². The number of ether oxygens (including phenoxy) is 2. The number of benzene rings is 1. The van der Waals surface area contributed by atoms with Crippen molar-refractivity contribution in [3.8, 4) is 11.5 Å². The molecule has 0 bridgehead atoms. The Morgan fingerprint density at radius 3 is 2.52 bits per heavy atom. The number of rotatable bonds is 7. The van der Waals surface area contributed by atoms with Crippen molar-refractivity contribution < 1.29 is 24.2 Å². The maximum absolute atomic E-state index is 12.0. The van der Waals surface area contributed by atoms with Gasteiger partial charge in [-0.05, 0) is 31.2 Å². The molecule has 1 heterocycles. The molecule has 23 heavy (non-hydrogen) atoms. The van der Waals surface area contributed by atoms with E-state index in [-0.39, 0.29) is 18.3 Å². The lowest BCUT2D eigenvalue weighted by Gasteiger charge is -2.14. The summed E-state index contributed by atoms with van der Waals surface area (Å²) in [6, 6.07) is 8.37. The molecule has 1 amide bonds. The van der Waals surface area contributed by atoms with Gasteiger partial charge in [0.05, 0.1) is 7.11 Å². The average molecular weight is 319 g/mol. The van der Waals surface area contributed by atoms with Gasteiger partial charge < -0.3 is 19.9 Å². The Kier molecular flexibility index (Phi) is 5.19. The van der Waals surface area contributed by atoms with Crippen LogP contribution in [-0.4, -0.2) is 40.0 Å². The Hall–Kier alpha value is -3.03. The van der Waals surface area contributed by atoms with Crippen molar-refractivity contribution in [2.45, 2.75) is 19.6 Å². The Morgan fingerprint density at radius 2 is 1.91 bits per heavy atom. The molecule has 0 saturated carbocycles. The van der Waals surface area contributed by atoms with Crippen molar-refractivity contribution in [2.24, 2.45) is 0 Å². The number of hydrogen-bond acceptors (Lipinski definition) is 5. The summed E-state index contributed by atoms with van der Waals surface area (Å²) in [6.45, 7) is 1.33. The highest BCUT2D eigenvalue weighted by Crippen LogP contribution is 2.18. The number of carbonyl (C=O) groups is 2. The van der Waals surface area contributed by atoms with Crippen LogP contribution in [-0.2, 0) is 16.1 Å². The molecule has 0 radical (unpaired) electrons. The third-order valence-corrected chi connectivity index (χ3v) is 2.93. The Balaban J connectivity index is 1.91. The van der Waals surface area contributed by atoms with Crippen LogP contribution in [0.5, 0.6) is 11.5 Å². The molecular weight excluding hydrogens is 302 g/mol. The first-order valence-corrected chi connectivity index (χ1v) is 6.85. The highest BCUT2D eigenvalue weighted by atomic mass is 16.5. The lowest BCUT2D eigenvalue weighted by molar-refractivity contribution is -0.137. The molecule has 8 heteroatoms. The van der Waals surface area contributed by atoms with Gasteiger partial charge in [0, 0.05) is 12.3 Å². The molecule has 0 spiro atoms. The predicted molar refractivity (Wildman–Crippen MR) is 81.6 cm³/mol. The van der Waals surface area contributed by atoms with Crippen LogP contribution in [0.15, 0.2) is 36.5 Å². The number of anilines is 1. The number of carboxylic acids is 1. The zero-order valence-corrected chi connectivity index (χ0v) is 12.7. The number of methoxy groups -OCH3 is 1. The minimum Gasteiger partial charge on any atom is -0.497 e. The number of amides is 1. The zero-order valence-electron chi connectivity index (χ0n) is 12.7. The van der Waals surface area contributed by atoms with Gasteiger partial charge in [-0.15, -0.1) is 0 Å². The molecule has 8 nitrogen and oxygen atoms in total. The SMILES string of the molecule is COc1ccc(OC(C)C(=O)Nc2ccn(CC(=O)O)n2)cc1. The van der Waals surface area contributed by atoms with Crippen molar-refractivity contribution in [3.63, 3.8) is 0 Å². The van der Waals surface area contributed by atoms with Gasteiger partial charge in [0.25, 0.3) is 5.91 Å². The van der Waals surface area contributed by atoms with E-state index in [2.05, 4.69) is 10.4 Å². The van der Waals surface area contributed by atoms with E-state index < -0.39 is 12.1 Å². The van der Waals surface area contributed by atoms with Crippen molar-refractivity contribution in [3.05, 3.63) is 36.5 Å². The van der Waals surface area contributed by atoms with E-state index in [1.54, 1.807) is 38.3 Å². The largest absolute Gasteiger partial charge is 0.497 e. The molecule has 0 fully saturated rings. The van der Waals surface area contributed by atoms with Crippen molar-refractivity contribution in [2.75, 3.05) is 12.4 Å². The predicted octanol–water partition coefficient (Wildman–Crippen LogP) is 1.38. The van der Waals surface area contributed by atoms with Gasteiger partial charge in [-0.2, -0.15) is 5.10 Å². The molecular formula is C15H17N3O5. The second kappa shape index (κ2) is 7.30. The molecule has 1 aromatic heterocycles. The first-order valence-electron chi connectivity index (χ1n) is 6.85. The van der Waals surface area contributed by atoms with Crippen LogP contribution in [0.25, 0.3) is 0 Å². The third kappa shape index (κ3) is 4.73. The standard InChI is InChI=1S/C15H17N3O5/c1-10(23-12-5-3-11(22-2)4-6-12)15(21)16-13-7-8-18(17-13)9-14(19)20/h3-8,10H,9H2,1-2H3,(H,19,20)(H,16,17,21). The summed E-state index contributed by atoms with van der Waals surface area (Å²) in [5.41, 5.74) is 0. The van der Waals surface area contributed by atoms with E-state index in [4.69, 9.17) is 14.6 Å². The Labute approximate surface area is 132 Å². The lowest BCUT2D eigenvalue weighted by atomic mass is 10.3. The number of aliphatic carboxylic acids is 1. The maximum Gasteiger partial charge on any atom is 0.325 e. The van der Waals surface area contributed by atoms with E-state index in [9.17, 15) is 9.59 Å². The molecule has 2 rings (SSSR count). The van der Waals surface area contributed by atoms with Crippen molar-refractivity contribution in [1.82, 2.24) is 9.78 Å². The second-order valence-corrected chi connectivity index (χ2v) is 4.72. The molecule has 1 aromatic carbocycles.